The summed E-state index contributed by atoms with van der Waals surface area (Å²) in [6, 6.07) is 20.2. The van der Waals surface area contributed by atoms with Crippen molar-refractivity contribution in [3.05, 3.63) is 99.6 Å². The normalized spacial score (nSPS) is 14.5. The number of thioether (sulfide) groups is 1. The van der Waals surface area contributed by atoms with Crippen LogP contribution in [-0.4, -0.2) is 33.5 Å². The second-order valence-electron chi connectivity index (χ2n) is 7.98. The average Bonchev–Trinajstić information content (AvgIpc) is 2.87. The zero-order valence-corrected chi connectivity index (χ0v) is 21.1. The van der Waals surface area contributed by atoms with Gasteiger partial charge in [-0.1, -0.05) is 42.0 Å². The number of carbonyl (C=O) groups is 3. The molecule has 0 saturated carbocycles. The molecule has 2 N–H and O–H groups in total. The third-order valence-electron chi connectivity index (χ3n) is 5.30. The molecule has 0 aromatic heterocycles. The number of benzene rings is 3. The second kappa shape index (κ2) is 11.1. The van der Waals surface area contributed by atoms with Crippen LogP contribution in [0.5, 0.6) is 0 Å². The van der Waals surface area contributed by atoms with E-state index in [0.29, 0.717) is 11.4 Å². The van der Waals surface area contributed by atoms with Crippen LogP contribution in [0.3, 0.4) is 0 Å². The minimum atomic E-state index is -0.697. The van der Waals surface area contributed by atoms with E-state index in [9.17, 15) is 24.5 Å². The first kappa shape index (κ1) is 25.7. The number of anilines is 2. The topological polar surface area (TPSA) is 122 Å². The summed E-state index contributed by atoms with van der Waals surface area (Å²) in [7, 11) is 0. The molecule has 0 aliphatic carbocycles. The van der Waals surface area contributed by atoms with Gasteiger partial charge in [0.25, 0.3) is 17.5 Å². The van der Waals surface area contributed by atoms with Crippen molar-refractivity contribution >= 4 is 70.0 Å². The van der Waals surface area contributed by atoms with Crippen molar-refractivity contribution in [3.8, 4) is 0 Å². The largest absolute Gasteiger partial charge is 0.325 e. The summed E-state index contributed by atoms with van der Waals surface area (Å²) in [6.45, 7) is 1.90. The number of para-hydroxylation sites is 1. The van der Waals surface area contributed by atoms with Crippen LogP contribution in [0.1, 0.15) is 11.1 Å². The molecule has 1 fully saturated rings. The van der Waals surface area contributed by atoms with Gasteiger partial charge in [0.05, 0.1) is 21.3 Å². The van der Waals surface area contributed by atoms with E-state index in [1.165, 1.54) is 23.1 Å². The maximum atomic E-state index is 13.2. The van der Waals surface area contributed by atoms with Gasteiger partial charge in [-0.2, -0.15) is 0 Å². The quantitative estimate of drug-likeness (QED) is 0.115. The molecule has 3 aromatic rings. The number of nitrogens with zero attached hydrogens (tertiary/aromatic N) is 2. The van der Waals surface area contributed by atoms with Crippen LogP contribution in [0.2, 0.25) is 0 Å². The summed E-state index contributed by atoms with van der Waals surface area (Å²) >= 11 is 6.21. The fourth-order valence-corrected chi connectivity index (χ4v) is 4.59. The Balaban J connectivity index is 1.55. The Morgan fingerprint density at radius 2 is 1.81 bits per heavy atom. The van der Waals surface area contributed by atoms with Gasteiger partial charge in [0, 0.05) is 11.8 Å². The first-order valence-electron chi connectivity index (χ1n) is 11.0. The van der Waals surface area contributed by atoms with Gasteiger partial charge in [-0.3, -0.25) is 34.7 Å². The Hall–Kier alpha value is -4.35. The maximum absolute atomic E-state index is 13.2. The summed E-state index contributed by atoms with van der Waals surface area (Å²) in [4.78, 5) is 50.6. The van der Waals surface area contributed by atoms with E-state index >= 15 is 0 Å². The van der Waals surface area contributed by atoms with Crippen molar-refractivity contribution in [3.63, 3.8) is 0 Å². The minimum absolute atomic E-state index is 0.0416. The van der Waals surface area contributed by atoms with Crippen molar-refractivity contribution < 1.29 is 19.3 Å². The number of hydrogen-bond donors (Lipinski definition) is 2. The lowest BCUT2D eigenvalue weighted by Gasteiger charge is -2.29. The molecule has 0 bridgehead atoms. The van der Waals surface area contributed by atoms with Crippen molar-refractivity contribution in [2.45, 2.75) is 11.8 Å². The number of thiocarbonyl (C=S) groups is 1. The molecule has 37 heavy (non-hydrogen) atoms. The number of rotatable bonds is 7. The predicted molar refractivity (Wildman–Crippen MR) is 146 cm³/mol. The molecular weight excluding hydrogens is 512 g/mol. The highest BCUT2D eigenvalue weighted by molar-refractivity contribution is 8.00. The number of amides is 3. The predicted octanol–water partition coefficient (Wildman–Crippen LogP) is 4.47. The summed E-state index contributed by atoms with van der Waals surface area (Å²) in [5.41, 5.74) is 1.91. The van der Waals surface area contributed by atoms with E-state index in [1.807, 2.05) is 25.1 Å². The van der Waals surface area contributed by atoms with Crippen LogP contribution in [0.15, 0.2) is 83.3 Å². The Morgan fingerprint density at radius 1 is 1.11 bits per heavy atom. The van der Waals surface area contributed by atoms with Gasteiger partial charge >= 0.3 is 0 Å². The SMILES string of the molecule is Cc1ccc(N2C(=O)/C(=C/c3ccc(SCC(=O)Nc4ccccc4)c([N+](=O)[O-])c3)C(=O)NC2=S)cc1. The van der Waals surface area contributed by atoms with E-state index in [1.54, 1.807) is 42.5 Å². The molecule has 4 rings (SSSR count). The number of nitro benzene ring substituents is 1. The standard InChI is InChI=1S/C26H20N4O5S2/c1-16-7-10-19(11-8-16)29-25(33)20(24(32)28-26(29)36)13-17-9-12-22(21(14-17)30(34)35)37-15-23(31)27-18-5-3-2-4-6-18/h2-14H,15H2,1H3,(H,27,31)(H,28,32,36)/b20-13+. The number of hydrogen-bond acceptors (Lipinski definition) is 7. The molecule has 0 atom stereocenters. The zero-order valence-electron chi connectivity index (χ0n) is 19.5. The molecule has 1 aliphatic heterocycles. The van der Waals surface area contributed by atoms with Crippen LogP contribution in [-0.2, 0) is 14.4 Å². The van der Waals surface area contributed by atoms with Crippen molar-refractivity contribution in [1.29, 1.82) is 0 Å². The fraction of sp³-hybridized carbons (Fsp3) is 0.0769. The van der Waals surface area contributed by atoms with E-state index in [-0.39, 0.29) is 38.5 Å². The molecule has 3 aromatic carbocycles. The van der Waals surface area contributed by atoms with Crippen LogP contribution in [0.4, 0.5) is 17.1 Å². The Bertz CT molecular complexity index is 1440. The molecular formula is C26H20N4O5S2. The highest BCUT2D eigenvalue weighted by Gasteiger charge is 2.34. The molecule has 3 amide bonds. The Kier molecular flexibility index (Phi) is 7.75. The van der Waals surface area contributed by atoms with E-state index < -0.39 is 16.7 Å². The zero-order chi connectivity index (χ0) is 26.5. The molecule has 1 saturated heterocycles. The maximum Gasteiger partial charge on any atom is 0.283 e. The van der Waals surface area contributed by atoms with E-state index in [4.69, 9.17) is 12.2 Å². The molecule has 0 radical (unpaired) electrons. The number of aryl methyl sites for hydroxylation is 1. The molecule has 0 unspecified atom stereocenters. The Labute approximate surface area is 221 Å². The third-order valence-corrected chi connectivity index (χ3v) is 6.65. The van der Waals surface area contributed by atoms with Crippen LogP contribution in [0.25, 0.3) is 6.08 Å². The first-order valence-corrected chi connectivity index (χ1v) is 12.4. The summed E-state index contributed by atoms with van der Waals surface area (Å²) < 4.78 is 0. The highest BCUT2D eigenvalue weighted by Crippen LogP contribution is 2.31. The lowest BCUT2D eigenvalue weighted by Crippen LogP contribution is -2.54. The van der Waals surface area contributed by atoms with Crippen LogP contribution in [0, 0.1) is 17.0 Å². The smallest absolute Gasteiger partial charge is 0.283 e. The molecule has 1 heterocycles. The van der Waals surface area contributed by atoms with Gasteiger partial charge in [0.15, 0.2) is 5.11 Å². The number of carbonyl (C=O) groups excluding carboxylic acids is 3. The lowest BCUT2D eigenvalue weighted by atomic mass is 10.1. The number of nitrogens with one attached hydrogen (secondary N) is 2. The second-order valence-corrected chi connectivity index (χ2v) is 9.38. The average molecular weight is 533 g/mol. The monoisotopic (exact) mass is 532 g/mol. The van der Waals surface area contributed by atoms with E-state index in [0.717, 1.165) is 17.3 Å². The van der Waals surface area contributed by atoms with Crippen molar-refractivity contribution in [1.82, 2.24) is 5.32 Å². The fourth-order valence-electron chi connectivity index (χ4n) is 3.50. The summed E-state index contributed by atoms with van der Waals surface area (Å²) in [5.74, 6) is -1.69. The van der Waals surface area contributed by atoms with Gasteiger partial charge in [-0.15, -0.1) is 11.8 Å². The highest BCUT2D eigenvalue weighted by atomic mass is 32.2. The van der Waals surface area contributed by atoms with Crippen molar-refractivity contribution in [2.75, 3.05) is 16.0 Å². The molecule has 186 valence electrons. The van der Waals surface area contributed by atoms with E-state index in [2.05, 4.69) is 10.6 Å². The first-order chi connectivity index (χ1) is 17.7. The molecule has 11 heteroatoms. The third kappa shape index (κ3) is 6.08. The van der Waals surface area contributed by atoms with Gasteiger partial charge in [0.2, 0.25) is 5.91 Å². The lowest BCUT2D eigenvalue weighted by molar-refractivity contribution is -0.387. The van der Waals surface area contributed by atoms with Crippen LogP contribution < -0.4 is 15.5 Å². The molecule has 9 nitrogen and oxygen atoms in total. The Morgan fingerprint density at radius 3 is 2.49 bits per heavy atom. The van der Waals surface area contributed by atoms with Crippen molar-refractivity contribution in [2.24, 2.45) is 0 Å². The van der Waals surface area contributed by atoms with Gasteiger partial charge in [-0.25, -0.2) is 0 Å². The molecule has 0 spiro atoms. The summed E-state index contributed by atoms with van der Waals surface area (Å²) in [6.07, 6.45) is 1.28. The van der Waals surface area contributed by atoms with Crippen LogP contribution >= 0.6 is 24.0 Å². The van der Waals surface area contributed by atoms with Gasteiger partial charge in [-0.05, 0) is 61.1 Å². The van der Waals surface area contributed by atoms with Gasteiger partial charge < -0.3 is 5.32 Å². The summed E-state index contributed by atoms with van der Waals surface area (Å²) in [5, 5.41) is 16.9. The molecule has 1 aliphatic rings. The number of nitro groups is 1. The minimum Gasteiger partial charge on any atom is -0.325 e. The van der Waals surface area contributed by atoms with Gasteiger partial charge in [0.1, 0.15) is 5.57 Å².